The Balaban J connectivity index is 2.20. The zero-order chi connectivity index (χ0) is 12.7. The Morgan fingerprint density at radius 2 is 2.17 bits per heavy atom. The summed E-state index contributed by atoms with van der Waals surface area (Å²) in [6.45, 7) is 0.759. The van der Waals surface area contributed by atoms with Gasteiger partial charge in [-0.2, -0.15) is 0 Å². The maximum atomic E-state index is 13.8. The second-order valence-electron chi connectivity index (χ2n) is 4.40. The number of halogens is 2. The lowest BCUT2D eigenvalue weighted by Gasteiger charge is -2.21. The fourth-order valence-corrected chi connectivity index (χ4v) is 3.05. The summed E-state index contributed by atoms with van der Waals surface area (Å²) in [5.74, 6) is 0.284. The van der Waals surface area contributed by atoms with Gasteiger partial charge in [0.15, 0.2) is 0 Å². The van der Waals surface area contributed by atoms with Crippen molar-refractivity contribution in [1.82, 2.24) is 9.55 Å². The van der Waals surface area contributed by atoms with Gasteiger partial charge in [0, 0.05) is 6.54 Å². The fourth-order valence-electron chi connectivity index (χ4n) is 2.41. The predicted octanol–water partition coefficient (Wildman–Crippen LogP) is 3.28. The molecule has 1 atom stereocenters. The van der Waals surface area contributed by atoms with Crippen LogP contribution in [0.1, 0.15) is 24.6 Å². The Bertz CT molecular complexity index is 597. The number of imidazole rings is 1. The number of benzene rings is 1. The number of hydrogen-bond acceptors (Lipinski definition) is 2. The normalized spacial score (nSPS) is 18.7. The molecule has 3 nitrogen and oxygen atoms in total. The van der Waals surface area contributed by atoms with E-state index < -0.39 is 6.10 Å². The number of fused-ring (bicyclic) bond motifs is 1. The van der Waals surface area contributed by atoms with Crippen LogP contribution in [-0.4, -0.2) is 14.7 Å². The number of aromatic nitrogens is 2. The molecule has 94 valence electrons. The van der Waals surface area contributed by atoms with Crippen LogP contribution in [0, 0.1) is 5.82 Å². The van der Waals surface area contributed by atoms with Gasteiger partial charge in [-0.3, -0.25) is 0 Å². The Hall–Kier alpha value is -1.20. The molecule has 3 rings (SSSR count). The summed E-state index contributed by atoms with van der Waals surface area (Å²) in [6.07, 6.45) is 1.07. The quantitative estimate of drug-likeness (QED) is 0.878. The van der Waals surface area contributed by atoms with Crippen molar-refractivity contribution in [1.29, 1.82) is 0 Å². The smallest absolute Gasteiger partial charge is 0.144 e. The lowest BCUT2D eigenvalue weighted by atomic mass is 10.1. The van der Waals surface area contributed by atoms with Crippen LogP contribution in [0.2, 0.25) is 0 Å². The van der Waals surface area contributed by atoms with Crippen molar-refractivity contribution in [3.05, 3.63) is 40.4 Å². The van der Waals surface area contributed by atoms with Gasteiger partial charge in [0.25, 0.3) is 0 Å². The van der Waals surface area contributed by atoms with E-state index in [4.69, 9.17) is 0 Å². The first kappa shape index (κ1) is 11.9. The van der Waals surface area contributed by atoms with Gasteiger partial charge < -0.3 is 9.67 Å². The molecular formula is C13H12BrFN2O. The highest BCUT2D eigenvalue weighted by atomic mass is 79.9. The summed E-state index contributed by atoms with van der Waals surface area (Å²) in [4.78, 5) is 4.35. The monoisotopic (exact) mass is 310 g/mol. The van der Waals surface area contributed by atoms with E-state index in [1.165, 1.54) is 6.07 Å². The van der Waals surface area contributed by atoms with Gasteiger partial charge in [-0.25, -0.2) is 9.37 Å². The highest BCUT2D eigenvalue weighted by Gasteiger charge is 2.26. The Kier molecular flexibility index (Phi) is 2.95. The Labute approximate surface area is 112 Å². The van der Waals surface area contributed by atoms with Crippen molar-refractivity contribution in [3.63, 3.8) is 0 Å². The third kappa shape index (κ3) is 1.78. The molecule has 1 unspecified atom stereocenters. The summed E-state index contributed by atoms with van der Waals surface area (Å²) < 4.78 is 16.3. The topological polar surface area (TPSA) is 38.0 Å². The zero-order valence-corrected chi connectivity index (χ0v) is 11.2. The zero-order valence-electron chi connectivity index (χ0n) is 9.61. The first-order valence-corrected chi connectivity index (χ1v) is 6.66. The SMILES string of the molecule is OC1CCCn2c(-c3ccccc3F)nc(Br)c21. The second kappa shape index (κ2) is 4.48. The molecule has 1 aromatic carbocycles. The predicted molar refractivity (Wildman–Crippen MR) is 69.5 cm³/mol. The van der Waals surface area contributed by atoms with Gasteiger partial charge in [0.1, 0.15) is 16.2 Å². The number of aliphatic hydroxyl groups is 1. The number of aliphatic hydroxyl groups excluding tert-OH is 1. The molecule has 1 aliphatic rings. The van der Waals surface area contributed by atoms with E-state index in [2.05, 4.69) is 20.9 Å². The summed E-state index contributed by atoms with van der Waals surface area (Å²) in [7, 11) is 0. The minimum absolute atomic E-state index is 0.294. The van der Waals surface area contributed by atoms with Crippen LogP contribution >= 0.6 is 15.9 Å². The molecule has 1 aliphatic heterocycles. The van der Waals surface area contributed by atoms with Crippen LogP contribution in [0.4, 0.5) is 4.39 Å². The van der Waals surface area contributed by atoms with Crippen LogP contribution in [-0.2, 0) is 6.54 Å². The van der Waals surface area contributed by atoms with E-state index in [0.29, 0.717) is 16.0 Å². The van der Waals surface area contributed by atoms with Crippen LogP contribution in [0.5, 0.6) is 0 Å². The van der Waals surface area contributed by atoms with E-state index in [1.807, 2.05) is 4.57 Å². The van der Waals surface area contributed by atoms with Crippen LogP contribution in [0.15, 0.2) is 28.9 Å². The molecule has 0 amide bonds. The average molecular weight is 311 g/mol. The van der Waals surface area contributed by atoms with Crippen molar-refractivity contribution < 1.29 is 9.50 Å². The lowest BCUT2D eigenvalue weighted by Crippen LogP contribution is -2.16. The molecule has 1 N–H and O–H groups in total. The first-order valence-electron chi connectivity index (χ1n) is 5.87. The van der Waals surface area contributed by atoms with Gasteiger partial charge in [0.2, 0.25) is 0 Å². The van der Waals surface area contributed by atoms with E-state index in [-0.39, 0.29) is 5.82 Å². The minimum Gasteiger partial charge on any atom is -0.387 e. The number of rotatable bonds is 1. The number of hydrogen-bond donors (Lipinski definition) is 1. The van der Waals surface area contributed by atoms with Crippen molar-refractivity contribution in [3.8, 4) is 11.4 Å². The van der Waals surface area contributed by atoms with Crippen molar-refractivity contribution >= 4 is 15.9 Å². The molecule has 0 aliphatic carbocycles. The molecule has 0 saturated heterocycles. The first-order chi connectivity index (χ1) is 8.68. The van der Waals surface area contributed by atoms with Gasteiger partial charge in [-0.15, -0.1) is 0 Å². The molecule has 0 spiro atoms. The maximum Gasteiger partial charge on any atom is 0.144 e. The van der Waals surface area contributed by atoms with Gasteiger partial charge in [0.05, 0.1) is 17.4 Å². The number of nitrogens with zero attached hydrogens (tertiary/aromatic N) is 2. The molecule has 2 heterocycles. The van der Waals surface area contributed by atoms with E-state index >= 15 is 0 Å². The van der Waals surface area contributed by atoms with Crippen molar-refractivity contribution in [2.24, 2.45) is 0 Å². The summed E-state index contributed by atoms with van der Waals surface area (Å²) >= 11 is 3.35. The molecule has 5 heteroatoms. The van der Waals surface area contributed by atoms with Gasteiger partial charge >= 0.3 is 0 Å². The van der Waals surface area contributed by atoms with E-state index in [0.717, 1.165) is 25.1 Å². The van der Waals surface area contributed by atoms with Crippen molar-refractivity contribution in [2.45, 2.75) is 25.5 Å². The van der Waals surface area contributed by atoms with Crippen LogP contribution in [0.3, 0.4) is 0 Å². The van der Waals surface area contributed by atoms with Crippen LogP contribution in [0.25, 0.3) is 11.4 Å². The average Bonchev–Trinajstić information content (AvgIpc) is 2.69. The van der Waals surface area contributed by atoms with Crippen LogP contribution < -0.4 is 0 Å². The Morgan fingerprint density at radius 1 is 1.39 bits per heavy atom. The van der Waals surface area contributed by atoms with E-state index in [1.54, 1.807) is 18.2 Å². The van der Waals surface area contributed by atoms with Crippen molar-refractivity contribution in [2.75, 3.05) is 0 Å². The summed E-state index contributed by atoms with van der Waals surface area (Å²) in [5.41, 5.74) is 1.22. The largest absolute Gasteiger partial charge is 0.387 e. The molecule has 18 heavy (non-hydrogen) atoms. The Morgan fingerprint density at radius 3 is 2.94 bits per heavy atom. The molecule has 2 aromatic rings. The fraction of sp³-hybridized carbons (Fsp3) is 0.308. The molecule has 0 saturated carbocycles. The van der Waals surface area contributed by atoms with Gasteiger partial charge in [-0.1, -0.05) is 12.1 Å². The second-order valence-corrected chi connectivity index (χ2v) is 5.15. The van der Waals surface area contributed by atoms with E-state index in [9.17, 15) is 9.50 Å². The maximum absolute atomic E-state index is 13.8. The molecule has 0 fully saturated rings. The summed E-state index contributed by atoms with van der Waals surface area (Å²) in [6, 6.07) is 6.57. The third-order valence-corrected chi connectivity index (χ3v) is 3.84. The summed E-state index contributed by atoms with van der Waals surface area (Å²) in [5, 5.41) is 9.99. The highest BCUT2D eigenvalue weighted by Crippen LogP contribution is 2.35. The lowest BCUT2D eigenvalue weighted by molar-refractivity contribution is 0.138. The minimum atomic E-state index is -0.527. The molecular weight excluding hydrogens is 299 g/mol. The molecule has 1 aromatic heterocycles. The standard InChI is InChI=1S/C13H12BrFN2O/c14-12-11-10(18)6-3-7-17(11)13(16-12)8-4-1-2-5-9(8)15/h1-2,4-5,10,18H,3,6-7H2. The molecule has 0 bridgehead atoms. The van der Waals surface area contributed by atoms with Gasteiger partial charge in [-0.05, 0) is 40.9 Å². The molecule has 0 radical (unpaired) electrons. The highest BCUT2D eigenvalue weighted by molar-refractivity contribution is 9.10. The third-order valence-electron chi connectivity index (χ3n) is 3.25.